The molecular formula is C12H24O4. The molecule has 1 saturated carbocycles. The van der Waals surface area contributed by atoms with E-state index in [9.17, 15) is 15.3 Å². The van der Waals surface area contributed by atoms with Gasteiger partial charge in [-0.15, -0.1) is 0 Å². The Labute approximate surface area is 96.9 Å². The maximum atomic E-state index is 10.3. The van der Waals surface area contributed by atoms with Gasteiger partial charge in [-0.2, -0.15) is 0 Å². The molecule has 1 aliphatic rings. The molecule has 0 saturated heterocycles. The maximum Gasteiger partial charge on any atom is 0.168 e. The summed E-state index contributed by atoms with van der Waals surface area (Å²) in [5.41, 5.74) is -1.06. The molecule has 0 aromatic rings. The van der Waals surface area contributed by atoms with Gasteiger partial charge < -0.3 is 20.4 Å². The number of hydrogen-bond acceptors (Lipinski definition) is 4. The van der Waals surface area contributed by atoms with Crippen LogP contribution in [-0.2, 0) is 0 Å². The second-order valence-corrected chi connectivity index (χ2v) is 5.21. The molecule has 0 spiro atoms. The van der Waals surface area contributed by atoms with E-state index in [4.69, 9.17) is 5.11 Å². The standard InChI is InChI=1S/C12H24O4/c1-11(14,7-4-5-9-13)10-6-2-3-8-12(10,15)16/h10,13-16H,2-9H2,1H3. The number of hydrogen-bond donors (Lipinski definition) is 4. The highest BCUT2D eigenvalue weighted by molar-refractivity contribution is 4.93. The average Bonchev–Trinajstić information content (AvgIpc) is 2.16. The largest absolute Gasteiger partial charge is 0.396 e. The molecule has 0 aliphatic heterocycles. The van der Waals surface area contributed by atoms with Crippen molar-refractivity contribution < 1.29 is 20.4 Å². The molecule has 0 radical (unpaired) electrons. The fourth-order valence-electron chi connectivity index (χ4n) is 2.72. The molecule has 96 valence electrons. The fourth-order valence-corrected chi connectivity index (χ4v) is 2.72. The van der Waals surface area contributed by atoms with Gasteiger partial charge in [-0.3, -0.25) is 0 Å². The van der Waals surface area contributed by atoms with Crippen molar-refractivity contribution in [2.24, 2.45) is 5.92 Å². The minimum absolute atomic E-state index is 0.115. The van der Waals surface area contributed by atoms with Crippen LogP contribution in [0.15, 0.2) is 0 Å². The Balaban J connectivity index is 2.57. The van der Waals surface area contributed by atoms with Crippen molar-refractivity contribution in [2.75, 3.05) is 6.61 Å². The Hall–Kier alpha value is -0.160. The summed E-state index contributed by atoms with van der Waals surface area (Å²) in [5, 5.41) is 38.7. The van der Waals surface area contributed by atoms with Crippen molar-refractivity contribution in [3.63, 3.8) is 0 Å². The lowest BCUT2D eigenvalue weighted by Crippen LogP contribution is -2.52. The number of rotatable bonds is 5. The predicted molar refractivity (Wildman–Crippen MR) is 60.7 cm³/mol. The summed E-state index contributed by atoms with van der Waals surface area (Å²) < 4.78 is 0. The van der Waals surface area contributed by atoms with Crippen molar-refractivity contribution in [3.05, 3.63) is 0 Å². The van der Waals surface area contributed by atoms with Gasteiger partial charge >= 0.3 is 0 Å². The van der Waals surface area contributed by atoms with Crippen molar-refractivity contribution in [1.82, 2.24) is 0 Å². The van der Waals surface area contributed by atoms with Gasteiger partial charge in [0, 0.05) is 18.9 Å². The van der Waals surface area contributed by atoms with E-state index in [0.29, 0.717) is 32.1 Å². The third-order valence-corrected chi connectivity index (χ3v) is 3.69. The zero-order chi connectivity index (χ0) is 12.2. The second kappa shape index (κ2) is 5.45. The lowest BCUT2D eigenvalue weighted by molar-refractivity contribution is -0.257. The van der Waals surface area contributed by atoms with Crippen LogP contribution in [0.4, 0.5) is 0 Å². The molecule has 2 unspecified atom stereocenters. The first kappa shape index (κ1) is 13.9. The lowest BCUT2D eigenvalue weighted by Gasteiger charge is -2.44. The summed E-state index contributed by atoms with van der Waals surface area (Å²) in [6, 6.07) is 0. The molecule has 1 aliphatic carbocycles. The average molecular weight is 232 g/mol. The van der Waals surface area contributed by atoms with Gasteiger partial charge in [0.1, 0.15) is 0 Å². The number of aliphatic hydroxyl groups excluding tert-OH is 1. The molecule has 0 bridgehead atoms. The Morgan fingerprint density at radius 2 is 1.94 bits per heavy atom. The van der Waals surface area contributed by atoms with E-state index >= 15 is 0 Å². The van der Waals surface area contributed by atoms with Gasteiger partial charge in [-0.05, 0) is 39.0 Å². The minimum atomic E-state index is -1.74. The summed E-state index contributed by atoms with van der Waals surface area (Å²) in [7, 11) is 0. The molecule has 16 heavy (non-hydrogen) atoms. The van der Waals surface area contributed by atoms with Crippen LogP contribution in [0.2, 0.25) is 0 Å². The fraction of sp³-hybridized carbons (Fsp3) is 1.00. The summed E-state index contributed by atoms with van der Waals surface area (Å²) in [6.45, 7) is 1.78. The molecule has 2 atom stereocenters. The van der Waals surface area contributed by atoms with Crippen molar-refractivity contribution >= 4 is 0 Å². The minimum Gasteiger partial charge on any atom is -0.396 e. The van der Waals surface area contributed by atoms with Gasteiger partial charge in [0.15, 0.2) is 5.79 Å². The van der Waals surface area contributed by atoms with Gasteiger partial charge in [0.25, 0.3) is 0 Å². The molecule has 0 aromatic carbocycles. The summed E-state index contributed by atoms with van der Waals surface area (Å²) in [4.78, 5) is 0. The van der Waals surface area contributed by atoms with Crippen LogP contribution in [0, 0.1) is 5.92 Å². The van der Waals surface area contributed by atoms with Crippen LogP contribution in [0.1, 0.15) is 51.9 Å². The second-order valence-electron chi connectivity index (χ2n) is 5.21. The monoisotopic (exact) mass is 232 g/mol. The number of unbranched alkanes of at least 4 members (excludes halogenated alkanes) is 1. The van der Waals surface area contributed by atoms with Crippen molar-refractivity contribution in [2.45, 2.75) is 63.3 Å². The van der Waals surface area contributed by atoms with E-state index in [1.807, 2.05) is 0 Å². The SMILES string of the molecule is CC(O)(CCCCO)C1CCCCC1(O)O. The molecule has 1 fully saturated rings. The zero-order valence-electron chi connectivity index (χ0n) is 10.0. The van der Waals surface area contributed by atoms with Crippen LogP contribution >= 0.6 is 0 Å². The van der Waals surface area contributed by atoms with E-state index in [2.05, 4.69) is 0 Å². The smallest absolute Gasteiger partial charge is 0.168 e. The molecule has 0 amide bonds. The van der Waals surface area contributed by atoms with Crippen LogP contribution in [0.5, 0.6) is 0 Å². The zero-order valence-corrected chi connectivity index (χ0v) is 10.0. The van der Waals surface area contributed by atoms with Gasteiger partial charge in [0.2, 0.25) is 0 Å². The topological polar surface area (TPSA) is 80.9 Å². The van der Waals surface area contributed by atoms with E-state index in [1.54, 1.807) is 6.92 Å². The first-order chi connectivity index (χ1) is 7.40. The van der Waals surface area contributed by atoms with Crippen LogP contribution in [0.25, 0.3) is 0 Å². The molecule has 4 nitrogen and oxygen atoms in total. The Morgan fingerprint density at radius 1 is 1.25 bits per heavy atom. The van der Waals surface area contributed by atoms with E-state index in [1.165, 1.54) is 0 Å². The Kier molecular flexibility index (Phi) is 4.73. The highest BCUT2D eigenvalue weighted by Gasteiger charge is 2.46. The Bertz CT molecular complexity index is 213. The summed E-state index contributed by atoms with van der Waals surface area (Å²) >= 11 is 0. The predicted octanol–water partition coefficient (Wildman–Crippen LogP) is 0.771. The van der Waals surface area contributed by atoms with Crippen LogP contribution < -0.4 is 0 Å². The Morgan fingerprint density at radius 3 is 2.50 bits per heavy atom. The van der Waals surface area contributed by atoms with Gasteiger partial charge in [0.05, 0.1) is 5.60 Å². The third kappa shape index (κ3) is 3.42. The van der Waals surface area contributed by atoms with Gasteiger partial charge in [-0.1, -0.05) is 6.42 Å². The molecule has 4 N–H and O–H groups in total. The normalized spacial score (nSPS) is 28.7. The van der Waals surface area contributed by atoms with Crippen molar-refractivity contribution in [1.29, 1.82) is 0 Å². The molecular weight excluding hydrogens is 208 g/mol. The quantitative estimate of drug-likeness (QED) is 0.417. The molecule has 4 heteroatoms. The number of aliphatic hydroxyl groups is 4. The first-order valence-electron chi connectivity index (χ1n) is 6.18. The highest BCUT2D eigenvalue weighted by atomic mass is 16.5. The maximum absolute atomic E-state index is 10.3. The van der Waals surface area contributed by atoms with E-state index in [0.717, 1.165) is 12.8 Å². The molecule has 1 rings (SSSR count). The van der Waals surface area contributed by atoms with Crippen LogP contribution in [0.3, 0.4) is 0 Å². The first-order valence-corrected chi connectivity index (χ1v) is 6.18. The van der Waals surface area contributed by atoms with Gasteiger partial charge in [-0.25, -0.2) is 0 Å². The van der Waals surface area contributed by atoms with E-state index < -0.39 is 17.3 Å². The third-order valence-electron chi connectivity index (χ3n) is 3.69. The van der Waals surface area contributed by atoms with E-state index in [-0.39, 0.29) is 6.61 Å². The van der Waals surface area contributed by atoms with Crippen molar-refractivity contribution in [3.8, 4) is 0 Å². The summed E-state index contributed by atoms with van der Waals surface area (Å²) in [5.74, 6) is -2.21. The summed E-state index contributed by atoms with van der Waals surface area (Å²) in [6.07, 6.45) is 4.58. The molecule has 0 heterocycles. The molecule has 0 aromatic heterocycles. The lowest BCUT2D eigenvalue weighted by atomic mass is 9.72. The highest BCUT2D eigenvalue weighted by Crippen LogP contribution is 2.40. The van der Waals surface area contributed by atoms with Crippen LogP contribution in [-0.4, -0.2) is 38.4 Å².